The smallest absolute Gasteiger partial charge is 0.244 e. The molecule has 26 heavy (non-hydrogen) atoms. The van der Waals surface area contributed by atoms with Crippen molar-refractivity contribution >= 4 is 5.91 Å². The number of aromatic nitrogens is 2. The van der Waals surface area contributed by atoms with E-state index in [1.165, 1.54) is 5.56 Å². The molecule has 1 aliphatic heterocycles. The van der Waals surface area contributed by atoms with E-state index in [0.717, 1.165) is 37.9 Å². The number of nitrogens with zero attached hydrogens (tertiary/aromatic N) is 4. The lowest BCUT2D eigenvalue weighted by Crippen LogP contribution is -2.44. The summed E-state index contributed by atoms with van der Waals surface area (Å²) in [5.74, 6) is 2.07. The standard InChI is InChI=1S/C20H28N4O2/c1-14-6-5-7-17(12-14)19(23(3)4)20(25)24-10-8-16(9-11-24)13-18-21-15(2)22-26-18/h5-7,12,16,19H,8-11,13H2,1-4H3/t19-/m0/s1. The predicted octanol–water partition coefficient (Wildman–Crippen LogP) is 2.77. The number of amides is 1. The van der Waals surface area contributed by atoms with Gasteiger partial charge in [0.25, 0.3) is 0 Å². The minimum atomic E-state index is -0.231. The summed E-state index contributed by atoms with van der Waals surface area (Å²) in [6.45, 7) is 5.46. The number of piperidine rings is 1. The van der Waals surface area contributed by atoms with Gasteiger partial charge in [-0.05, 0) is 52.3 Å². The predicted molar refractivity (Wildman–Crippen MR) is 99.7 cm³/mol. The van der Waals surface area contributed by atoms with Crippen molar-refractivity contribution in [2.24, 2.45) is 5.92 Å². The maximum absolute atomic E-state index is 13.2. The van der Waals surface area contributed by atoms with Crippen LogP contribution in [0.15, 0.2) is 28.8 Å². The molecule has 0 radical (unpaired) electrons. The number of rotatable bonds is 5. The molecule has 1 atom stereocenters. The quantitative estimate of drug-likeness (QED) is 0.824. The van der Waals surface area contributed by atoms with Gasteiger partial charge in [0.05, 0.1) is 0 Å². The number of carbonyl (C=O) groups is 1. The van der Waals surface area contributed by atoms with Crippen LogP contribution in [0, 0.1) is 19.8 Å². The normalized spacial score (nSPS) is 16.9. The highest BCUT2D eigenvalue weighted by Crippen LogP contribution is 2.26. The Morgan fingerprint density at radius 3 is 2.62 bits per heavy atom. The van der Waals surface area contributed by atoms with Crippen LogP contribution < -0.4 is 0 Å². The van der Waals surface area contributed by atoms with E-state index >= 15 is 0 Å². The van der Waals surface area contributed by atoms with Crippen molar-refractivity contribution in [1.82, 2.24) is 19.9 Å². The summed E-state index contributed by atoms with van der Waals surface area (Å²) in [6.07, 6.45) is 2.75. The van der Waals surface area contributed by atoms with Gasteiger partial charge in [-0.15, -0.1) is 0 Å². The number of aryl methyl sites for hydroxylation is 2. The fraction of sp³-hybridized carbons (Fsp3) is 0.550. The molecule has 1 aromatic carbocycles. The van der Waals surface area contributed by atoms with Crippen LogP contribution in [0.5, 0.6) is 0 Å². The topological polar surface area (TPSA) is 62.5 Å². The van der Waals surface area contributed by atoms with Gasteiger partial charge in [-0.25, -0.2) is 0 Å². The Hall–Kier alpha value is -2.21. The lowest BCUT2D eigenvalue weighted by Gasteiger charge is -2.35. The Morgan fingerprint density at radius 1 is 1.31 bits per heavy atom. The number of carbonyl (C=O) groups excluding carboxylic acids is 1. The molecule has 6 heteroatoms. The van der Waals surface area contributed by atoms with Gasteiger partial charge < -0.3 is 9.42 Å². The van der Waals surface area contributed by atoms with Crippen LogP contribution in [0.3, 0.4) is 0 Å². The summed E-state index contributed by atoms with van der Waals surface area (Å²) in [6, 6.07) is 8.00. The molecule has 6 nitrogen and oxygen atoms in total. The number of hydrogen-bond donors (Lipinski definition) is 0. The highest BCUT2D eigenvalue weighted by Gasteiger charge is 2.31. The van der Waals surface area contributed by atoms with E-state index in [1.54, 1.807) is 0 Å². The SMILES string of the molecule is Cc1cccc([C@@H](C(=O)N2CCC(Cc3nc(C)no3)CC2)N(C)C)c1. The van der Waals surface area contributed by atoms with Crippen molar-refractivity contribution in [3.63, 3.8) is 0 Å². The van der Waals surface area contributed by atoms with E-state index in [4.69, 9.17) is 4.52 Å². The van der Waals surface area contributed by atoms with E-state index in [1.807, 2.05) is 43.0 Å². The molecule has 1 saturated heterocycles. The molecule has 0 unspecified atom stereocenters. The molecule has 0 saturated carbocycles. The van der Waals surface area contributed by atoms with Crippen LogP contribution >= 0.6 is 0 Å². The Kier molecular flexibility index (Phi) is 5.71. The monoisotopic (exact) mass is 356 g/mol. The zero-order valence-electron chi connectivity index (χ0n) is 16.1. The fourth-order valence-electron chi connectivity index (χ4n) is 3.70. The number of benzene rings is 1. The molecular formula is C20H28N4O2. The molecule has 1 aliphatic rings. The molecule has 1 fully saturated rings. The fourth-order valence-corrected chi connectivity index (χ4v) is 3.70. The zero-order valence-corrected chi connectivity index (χ0v) is 16.1. The third-order valence-corrected chi connectivity index (χ3v) is 5.07. The highest BCUT2D eigenvalue weighted by atomic mass is 16.5. The molecule has 0 N–H and O–H groups in total. The maximum atomic E-state index is 13.2. The number of likely N-dealkylation sites (tertiary alicyclic amines) is 1. The van der Waals surface area contributed by atoms with Gasteiger partial charge >= 0.3 is 0 Å². The maximum Gasteiger partial charge on any atom is 0.244 e. The van der Waals surface area contributed by atoms with Crippen molar-refractivity contribution in [1.29, 1.82) is 0 Å². The first-order chi connectivity index (χ1) is 12.4. The summed E-state index contributed by atoms with van der Waals surface area (Å²) >= 11 is 0. The van der Waals surface area contributed by atoms with Gasteiger partial charge in [0.2, 0.25) is 11.8 Å². The first-order valence-electron chi connectivity index (χ1n) is 9.25. The second-order valence-electron chi connectivity index (χ2n) is 7.49. The first-order valence-corrected chi connectivity index (χ1v) is 9.25. The number of hydrogen-bond acceptors (Lipinski definition) is 5. The molecule has 3 rings (SSSR count). The van der Waals surface area contributed by atoms with E-state index in [-0.39, 0.29) is 11.9 Å². The van der Waals surface area contributed by atoms with Crippen molar-refractivity contribution in [3.8, 4) is 0 Å². The summed E-state index contributed by atoms with van der Waals surface area (Å²) in [7, 11) is 3.94. The van der Waals surface area contributed by atoms with Gasteiger partial charge in [0, 0.05) is 19.5 Å². The van der Waals surface area contributed by atoms with Crippen LogP contribution in [0.4, 0.5) is 0 Å². The van der Waals surface area contributed by atoms with Crippen molar-refractivity contribution in [2.75, 3.05) is 27.2 Å². The lowest BCUT2D eigenvalue weighted by molar-refractivity contribution is -0.137. The minimum Gasteiger partial charge on any atom is -0.341 e. The Labute approximate surface area is 155 Å². The summed E-state index contributed by atoms with van der Waals surface area (Å²) in [5, 5.41) is 3.85. The minimum absolute atomic E-state index is 0.188. The van der Waals surface area contributed by atoms with E-state index < -0.39 is 0 Å². The highest BCUT2D eigenvalue weighted by molar-refractivity contribution is 5.83. The van der Waals surface area contributed by atoms with Crippen LogP contribution in [0.1, 0.15) is 41.7 Å². The molecule has 1 amide bonds. The Morgan fingerprint density at radius 2 is 2.04 bits per heavy atom. The van der Waals surface area contributed by atoms with Gasteiger partial charge in [-0.1, -0.05) is 35.0 Å². The van der Waals surface area contributed by atoms with Crippen LogP contribution in [0.2, 0.25) is 0 Å². The molecule has 140 valence electrons. The summed E-state index contributed by atoms with van der Waals surface area (Å²) in [4.78, 5) is 21.5. The molecule has 2 aromatic rings. The molecule has 0 bridgehead atoms. The average Bonchev–Trinajstić information content (AvgIpc) is 3.00. The van der Waals surface area contributed by atoms with E-state index in [2.05, 4.69) is 29.2 Å². The summed E-state index contributed by atoms with van der Waals surface area (Å²) < 4.78 is 5.23. The second kappa shape index (κ2) is 7.99. The third kappa shape index (κ3) is 4.30. The Bertz CT molecular complexity index is 748. The van der Waals surface area contributed by atoms with Crippen LogP contribution in [0.25, 0.3) is 0 Å². The first kappa shape index (κ1) is 18.6. The van der Waals surface area contributed by atoms with Crippen molar-refractivity contribution in [2.45, 2.75) is 39.2 Å². The van der Waals surface area contributed by atoms with Gasteiger partial charge in [-0.2, -0.15) is 4.98 Å². The number of likely N-dealkylation sites (N-methyl/N-ethyl adjacent to an activating group) is 1. The molecule has 0 spiro atoms. The molecular weight excluding hydrogens is 328 g/mol. The largest absolute Gasteiger partial charge is 0.341 e. The average molecular weight is 356 g/mol. The van der Waals surface area contributed by atoms with Crippen LogP contribution in [-0.4, -0.2) is 53.0 Å². The molecule has 2 heterocycles. The van der Waals surface area contributed by atoms with Gasteiger partial charge in [0.15, 0.2) is 5.82 Å². The molecule has 1 aromatic heterocycles. The van der Waals surface area contributed by atoms with Crippen molar-refractivity contribution in [3.05, 3.63) is 47.1 Å². The second-order valence-corrected chi connectivity index (χ2v) is 7.49. The summed E-state index contributed by atoms with van der Waals surface area (Å²) in [5.41, 5.74) is 2.24. The zero-order chi connectivity index (χ0) is 18.7. The third-order valence-electron chi connectivity index (χ3n) is 5.07. The van der Waals surface area contributed by atoms with Gasteiger partial charge in [0.1, 0.15) is 6.04 Å². The van der Waals surface area contributed by atoms with Crippen molar-refractivity contribution < 1.29 is 9.32 Å². The van der Waals surface area contributed by atoms with E-state index in [0.29, 0.717) is 17.6 Å². The molecule has 0 aliphatic carbocycles. The van der Waals surface area contributed by atoms with E-state index in [9.17, 15) is 4.79 Å². The Balaban J connectivity index is 1.62. The van der Waals surface area contributed by atoms with Gasteiger partial charge in [-0.3, -0.25) is 9.69 Å². The van der Waals surface area contributed by atoms with Crippen LogP contribution in [-0.2, 0) is 11.2 Å². The lowest BCUT2D eigenvalue weighted by atomic mass is 9.92.